The first-order chi connectivity index (χ1) is 13.5. The van der Waals surface area contributed by atoms with Crippen LogP contribution in [0.15, 0.2) is 62.5 Å². The topological polar surface area (TPSA) is 38.0 Å². The van der Waals surface area contributed by atoms with Gasteiger partial charge in [0.1, 0.15) is 23.0 Å². The van der Waals surface area contributed by atoms with Crippen LogP contribution in [0.5, 0.6) is 5.75 Å². The number of benzene rings is 2. The fraction of sp³-hybridized carbons (Fsp3) is 0.190. The molecule has 0 spiro atoms. The van der Waals surface area contributed by atoms with Gasteiger partial charge in [0, 0.05) is 22.0 Å². The Bertz CT molecular complexity index is 1110. The Morgan fingerprint density at radius 1 is 1.07 bits per heavy atom. The maximum absolute atomic E-state index is 13.9. The van der Waals surface area contributed by atoms with Crippen LogP contribution in [0.25, 0.3) is 0 Å². The van der Waals surface area contributed by atoms with Crippen LogP contribution >= 0.6 is 15.9 Å². The van der Waals surface area contributed by atoms with E-state index >= 15 is 0 Å². The second-order valence-corrected chi connectivity index (χ2v) is 7.80. The van der Waals surface area contributed by atoms with Crippen molar-refractivity contribution in [2.24, 2.45) is 5.10 Å². The van der Waals surface area contributed by atoms with Gasteiger partial charge in [0.15, 0.2) is 11.6 Å². The predicted molar refractivity (Wildman–Crippen MR) is 103 cm³/mol. The third-order valence-corrected chi connectivity index (χ3v) is 5.50. The molecule has 7 heteroatoms. The largest absolute Gasteiger partial charge is 0.464 e. The lowest BCUT2D eigenvalue weighted by Gasteiger charge is -2.38. The molecule has 0 fully saturated rings. The molecule has 0 bridgehead atoms. The molecule has 142 valence electrons. The van der Waals surface area contributed by atoms with E-state index in [4.69, 9.17) is 14.3 Å². The molecule has 3 aromatic rings. The van der Waals surface area contributed by atoms with Crippen molar-refractivity contribution in [1.82, 2.24) is 5.01 Å². The van der Waals surface area contributed by atoms with Gasteiger partial charge in [-0.25, -0.2) is 13.8 Å². The monoisotopic (exact) mass is 444 g/mol. The maximum Gasteiger partial charge on any atom is 0.213 e. The number of ether oxygens (including phenoxy) is 1. The fourth-order valence-electron chi connectivity index (χ4n) is 3.68. The minimum absolute atomic E-state index is 0.0974. The molecule has 28 heavy (non-hydrogen) atoms. The first-order valence-electron chi connectivity index (χ1n) is 8.83. The van der Waals surface area contributed by atoms with Crippen LogP contribution in [0.1, 0.15) is 41.3 Å². The Kier molecular flexibility index (Phi) is 4.01. The van der Waals surface area contributed by atoms with Crippen molar-refractivity contribution < 1.29 is 17.9 Å². The number of halogens is 3. The zero-order valence-electron chi connectivity index (χ0n) is 14.8. The summed E-state index contributed by atoms with van der Waals surface area (Å²) in [5.41, 5.74) is 2.27. The summed E-state index contributed by atoms with van der Waals surface area (Å²) < 4.78 is 40.1. The van der Waals surface area contributed by atoms with E-state index in [9.17, 15) is 8.78 Å². The van der Waals surface area contributed by atoms with Crippen LogP contribution in [0.3, 0.4) is 0 Å². The van der Waals surface area contributed by atoms with Crippen LogP contribution in [0.4, 0.5) is 8.78 Å². The molecular formula is C21H15BrF2N2O2. The van der Waals surface area contributed by atoms with Crippen LogP contribution in [-0.2, 0) is 0 Å². The average Bonchev–Trinajstić information content (AvgIpc) is 3.30. The molecule has 0 aliphatic carbocycles. The summed E-state index contributed by atoms with van der Waals surface area (Å²) in [7, 11) is 0. The van der Waals surface area contributed by atoms with Gasteiger partial charge in [-0.3, -0.25) is 0 Å². The Hall–Kier alpha value is -2.67. The van der Waals surface area contributed by atoms with E-state index in [1.54, 1.807) is 5.01 Å². The first-order valence-corrected chi connectivity index (χ1v) is 9.62. The Morgan fingerprint density at radius 2 is 1.93 bits per heavy atom. The fourth-order valence-corrected chi connectivity index (χ4v) is 4.06. The van der Waals surface area contributed by atoms with Gasteiger partial charge in [-0.15, -0.1) is 0 Å². The van der Waals surface area contributed by atoms with Gasteiger partial charge < -0.3 is 9.15 Å². The normalized spacial score (nSPS) is 20.4. The maximum atomic E-state index is 13.9. The molecule has 0 amide bonds. The van der Waals surface area contributed by atoms with Crippen molar-refractivity contribution in [3.05, 3.63) is 87.3 Å². The van der Waals surface area contributed by atoms with Gasteiger partial charge in [0.05, 0.1) is 6.04 Å². The van der Waals surface area contributed by atoms with Gasteiger partial charge >= 0.3 is 0 Å². The highest BCUT2D eigenvalue weighted by Crippen LogP contribution is 2.48. The van der Waals surface area contributed by atoms with E-state index < -0.39 is 17.9 Å². The summed E-state index contributed by atoms with van der Waals surface area (Å²) >= 11 is 3.51. The quantitative estimate of drug-likeness (QED) is 0.495. The number of hydrogen-bond donors (Lipinski definition) is 0. The summed E-state index contributed by atoms with van der Waals surface area (Å²) in [6.45, 7) is 1.88. The van der Waals surface area contributed by atoms with Gasteiger partial charge in [0.2, 0.25) is 6.23 Å². The number of hydrazone groups is 1. The van der Waals surface area contributed by atoms with E-state index in [0.29, 0.717) is 23.5 Å². The lowest BCUT2D eigenvalue weighted by atomic mass is 9.97. The standard InChI is InChI=1S/C21H15BrF2N2O2/c1-11-2-6-20(27-11)17-10-18-14-9-13(22)4-7-19(14)28-21(26(18)25-17)12-3-5-15(23)16(24)8-12/h2-9,18,21H,10H2,1H3/t18-,21+/m1/s1. The van der Waals surface area contributed by atoms with E-state index in [0.717, 1.165) is 33.6 Å². The molecule has 2 aromatic carbocycles. The Balaban J connectivity index is 1.62. The zero-order chi connectivity index (χ0) is 19.4. The summed E-state index contributed by atoms with van der Waals surface area (Å²) in [4.78, 5) is 0. The van der Waals surface area contributed by atoms with Crippen molar-refractivity contribution in [1.29, 1.82) is 0 Å². The van der Waals surface area contributed by atoms with E-state index in [1.807, 2.05) is 37.3 Å². The SMILES string of the molecule is Cc1ccc(C2=NN3[C@H](C2)c2cc(Br)ccc2O[C@H]3c2ccc(F)c(F)c2)o1. The lowest BCUT2D eigenvalue weighted by Crippen LogP contribution is -2.33. The van der Waals surface area contributed by atoms with Crippen molar-refractivity contribution in [3.63, 3.8) is 0 Å². The number of nitrogens with zero attached hydrogens (tertiary/aromatic N) is 2. The molecule has 5 rings (SSSR count). The molecule has 2 atom stereocenters. The van der Waals surface area contributed by atoms with E-state index in [2.05, 4.69) is 15.9 Å². The minimum atomic E-state index is -0.913. The molecule has 2 aliphatic heterocycles. The molecule has 3 heterocycles. The van der Waals surface area contributed by atoms with Crippen molar-refractivity contribution in [3.8, 4) is 5.75 Å². The summed E-state index contributed by atoms with van der Waals surface area (Å²) in [6.07, 6.45) is -0.0396. The van der Waals surface area contributed by atoms with Crippen molar-refractivity contribution in [2.45, 2.75) is 25.6 Å². The molecule has 0 saturated carbocycles. The molecular weight excluding hydrogens is 430 g/mol. The second kappa shape index (κ2) is 6.44. The average molecular weight is 445 g/mol. The molecule has 1 aromatic heterocycles. The molecule has 0 N–H and O–H groups in total. The van der Waals surface area contributed by atoms with Gasteiger partial charge in [0.25, 0.3) is 0 Å². The van der Waals surface area contributed by atoms with Crippen LogP contribution < -0.4 is 4.74 Å². The summed E-state index contributed by atoms with van der Waals surface area (Å²) in [5, 5.41) is 6.53. The van der Waals surface area contributed by atoms with Gasteiger partial charge in [-0.2, -0.15) is 5.10 Å². The van der Waals surface area contributed by atoms with Crippen LogP contribution in [0, 0.1) is 18.6 Å². The molecule has 4 nitrogen and oxygen atoms in total. The number of fused-ring (bicyclic) bond motifs is 3. The molecule has 2 aliphatic rings. The number of hydrogen-bond acceptors (Lipinski definition) is 4. The third-order valence-electron chi connectivity index (χ3n) is 5.01. The van der Waals surface area contributed by atoms with Gasteiger partial charge in [-0.1, -0.05) is 22.0 Å². The van der Waals surface area contributed by atoms with E-state index in [1.165, 1.54) is 6.07 Å². The predicted octanol–water partition coefficient (Wildman–Crippen LogP) is 5.87. The Morgan fingerprint density at radius 3 is 2.68 bits per heavy atom. The first kappa shape index (κ1) is 17.4. The highest BCUT2D eigenvalue weighted by atomic mass is 79.9. The van der Waals surface area contributed by atoms with E-state index in [-0.39, 0.29) is 6.04 Å². The third kappa shape index (κ3) is 2.81. The number of aryl methyl sites for hydroxylation is 1. The summed E-state index contributed by atoms with van der Waals surface area (Å²) in [5.74, 6) is 0.402. The molecule has 0 unspecified atom stereocenters. The number of rotatable bonds is 2. The second-order valence-electron chi connectivity index (χ2n) is 6.88. The number of furan rings is 1. The van der Waals surface area contributed by atoms with Crippen LogP contribution in [0.2, 0.25) is 0 Å². The highest BCUT2D eigenvalue weighted by Gasteiger charge is 2.41. The molecule has 0 radical (unpaired) electrons. The smallest absolute Gasteiger partial charge is 0.213 e. The molecule has 0 saturated heterocycles. The van der Waals surface area contributed by atoms with Crippen molar-refractivity contribution in [2.75, 3.05) is 0 Å². The Labute approximate surface area is 168 Å². The minimum Gasteiger partial charge on any atom is -0.464 e. The van der Waals surface area contributed by atoms with Gasteiger partial charge in [-0.05, 0) is 49.4 Å². The highest BCUT2D eigenvalue weighted by molar-refractivity contribution is 9.10. The van der Waals surface area contributed by atoms with Crippen molar-refractivity contribution >= 4 is 21.6 Å². The lowest BCUT2D eigenvalue weighted by molar-refractivity contribution is -0.0193. The van der Waals surface area contributed by atoms with Crippen LogP contribution in [-0.4, -0.2) is 10.7 Å². The summed E-state index contributed by atoms with van der Waals surface area (Å²) in [6, 6.07) is 13.2. The zero-order valence-corrected chi connectivity index (χ0v) is 16.4.